The zero-order chi connectivity index (χ0) is 7.56. The first kappa shape index (κ1) is 7.79. The van der Waals surface area contributed by atoms with Crippen LogP contribution < -0.4 is 0 Å². The largest absolute Gasteiger partial charge is 0.500 e. The van der Waals surface area contributed by atoms with Crippen molar-refractivity contribution in [2.75, 3.05) is 7.11 Å². The van der Waals surface area contributed by atoms with Crippen LogP contribution in [0.3, 0.4) is 0 Å². The van der Waals surface area contributed by atoms with E-state index < -0.39 is 0 Å². The molecule has 0 atom stereocenters. The minimum atomic E-state index is 0.656. The Balaban J connectivity index is 2.82. The van der Waals surface area contributed by atoms with Gasteiger partial charge in [0.15, 0.2) is 0 Å². The van der Waals surface area contributed by atoms with Gasteiger partial charge in [-0.3, -0.25) is 0 Å². The summed E-state index contributed by atoms with van der Waals surface area (Å²) in [7, 11) is 1.65. The fraction of sp³-hybridized carbons (Fsp3) is 0.571. The fourth-order valence-electron chi connectivity index (χ4n) is 1.01. The highest BCUT2D eigenvalue weighted by molar-refractivity contribution is 9.12. The molecule has 56 valence electrons. The first-order valence-corrected chi connectivity index (χ1v) is 4.05. The molecular weight excluding hydrogens is 194 g/mol. The van der Waals surface area contributed by atoms with Crippen molar-refractivity contribution >= 4 is 21.6 Å². The van der Waals surface area contributed by atoms with Crippen LogP contribution in [0, 0.1) is 5.41 Å². The summed E-state index contributed by atoms with van der Waals surface area (Å²) in [6.07, 6.45) is 2.87. The molecule has 0 aliphatic heterocycles. The first-order valence-electron chi connectivity index (χ1n) is 3.26. The summed E-state index contributed by atoms with van der Waals surface area (Å²) in [5, 5.41) is 7.44. The summed E-state index contributed by atoms with van der Waals surface area (Å²) in [4.78, 5) is 0. The summed E-state index contributed by atoms with van der Waals surface area (Å²) in [6, 6.07) is 0. The van der Waals surface area contributed by atoms with E-state index in [1.807, 2.05) is 0 Å². The average molecular weight is 204 g/mol. The van der Waals surface area contributed by atoms with E-state index in [-0.39, 0.29) is 0 Å². The van der Waals surface area contributed by atoms with Gasteiger partial charge in [0.25, 0.3) is 0 Å². The van der Waals surface area contributed by atoms with Crippen molar-refractivity contribution in [3.8, 4) is 0 Å². The van der Waals surface area contributed by atoms with Gasteiger partial charge in [0.2, 0.25) is 0 Å². The lowest BCUT2D eigenvalue weighted by molar-refractivity contribution is 0.273. The monoisotopic (exact) mass is 203 g/mol. The third-order valence-electron chi connectivity index (χ3n) is 1.59. The van der Waals surface area contributed by atoms with E-state index in [2.05, 4.69) is 15.9 Å². The second kappa shape index (κ2) is 3.19. The van der Waals surface area contributed by atoms with Crippen molar-refractivity contribution in [2.24, 2.45) is 0 Å². The zero-order valence-corrected chi connectivity index (χ0v) is 7.49. The van der Waals surface area contributed by atoms with Gasteiger partial charge in [0, 0.05) is 12.1 Å². The maximum atomic E-state index is 7.44. The number of rotatable bonds is 1. The Morgan fingerprint density at radius 3 is 2.70 bits per heavy atom. The van der Waals surface area contributed by atoms with E-state index in [9.17, 15) is 0 Å². The fourth-order valence-corrected chi connectivity index (χ4v) is 1.56. The van der Waals surface area contributed by atoms with Crippen molar-refractivity contribution in [3.05, 3.63) is 10.2 Å². The van der Waals surface area contributed by atoms with Crippen LogP contribution in [0.4, 0.5) is 0 Å². The number of hydrogen-bond donors (Lipinski definition) is 1. The molecule has 0 saturated carbocycles. The molecule has 0 fully saturated rings. The van der Waals surface area contributed by atoms with Crippen LogP contribution in [-0.2, 0) is 4.74 Å². The molecule has 1 aliphatic rings. The Morgan fingerprint density at radius 2 is 2.20 bits per heavy atom. The number of hydrogen-bond acceptors (Lipinski definition) is 2. The normalized spacial score (nSPS) is 19.6. The summed E-state index contributed by atoms with van der Waals surface area (Å²) in [5.41, 5.74) is 0.656. The van der Waals surface area contributed by atoms with Gasteiger partial charge in [-0.2, -0.15) is 0 Å². The molecule has 3 heteroatoms. The highest BCUT2D eigenvalue weighted by Crippen LogP contribution is 2.26. The van der Waals surface area contributed by atoms with Crippen molar-refractivity contribution in [1.82, 2.24) is 0 Å². The van der Waals surface area contributed by atoms with Crippen LogP contribution in [0.2, 0.25) is 0 Å². The predicted molar refractivity (Wildman–Crippen MR) is 44.5 cm³/mol. The number of methoxy groups -OCH3 is 1. The Bertz CT molecular complexity index is 186. The SMILES string of the molecule is COC1=C(Br)C(=N)CCC1. The van der Waals surface area contributed by atoms with Crippen LogP contribution >= 0.6 is 15.9 Å². The zero-order valence-electron chi connectivity index (χ0n) is 5.91. The number of ether oxygens (including phenoxy) is 1. The van der Waals surface area contributed by atoms with E-state index >= 15 is 0 Å². The number of nitrogens with one attached hydrogen (secondary N) is 1. The maximum absolute atomic E-state index is 7.44. The summed E-state index contributed by atoms with van der Waals surface area (Å²) >= 11 is 3.31. The van der Waals surface area contributed by atoms with Gasteiger partial charge in [0.05, 0.1) is 11.6 Å². The molecule has 0 unspecified atom stereocenters. The molecule has 1 aliphatic carbocycles. The molecule has 0 heterocycles. The second-order valence-corrected chi connectivity index (χ2v) is 3.07. The quantitative estimate of drug-likeness (QED) is 0.699. The molecule has 0 aromatic carbocycles. The van der Waals surface area contributed by atoms with Crippen LogP contribution in [0.1, 0.15) is 19.3 Å². The molecule has 0 bridgehead atoms. The lowest BCUT2D eigenvalue weighted by Gasteiger charge is -2.15. The third kappa shape index (κ3) is 1.40. The molecule has 0 radical (unpaired) electrons. The summed E-state index contributed by atoms with van der Waals surface area (Å²) in [6.45, 7) is 0. The molecule has 1 N–H and O–H groups in total. The van der Waals surface area contributed by atoms with Crippen LogP contribution in [-0.4, -0.2) is 12.8 Å². The molecule has 0 saturated heterocycles. The third-order valence-corrected chi connectivity index (χ3v) is 2.51. The van der Waals surface area contributed by atoms with Crippen molar-refractivity contribution in [3.63, 3.8) is 0 Å². The molecule has 10 heavy (non-hydrogen) atoms. The van der Waals surface area contributed by atoms with Crippen molar-refractivity contribution in [1.29, 1.82) is 5.41 Å². The smallest absolute Gasteiger partial charge is 0.111 e. The molecule has 1 rings (SSSR count). The molecule has 2 nitrogen and oxygen atoms in total. The molecule has 0 aromatic rings. The Morgan fingerprint density at radius 1 is 1.50 bits per heavy atom. The Labute approximate surface area is 68.9 Å². The lowest BCUT2D eigenvalue weighted by atomic mass is 10.0. The van der Waals surface area contributed by atoms with E-state index in [1.54, 1.807) is 7.11 Å². The maximum Gasteiger partial charge on any atom is 0.111 e. The molecule has 0 aromatic heterocycles. The summed E-state index contributed by atoms with van der Waals surface area (Å²) < 4.78 is 5.91. The highest BCUT2D eigenvalue weighted by Gasteiger charge is 2.14. The van der Waals surface area contributed by atoms with E-state index in [4.69, 9.17) is 10.1 Å². The minimum Gasteiger partial charge on any atom is -0.500 e. The van der Waals surface area contributed by atoms with Crippen LogP contribution in [0.25, 0.3) is 0 Å². The van der Waals surface area contributed by atoms with E-state index in [0.29, 0.717) is 5.71 Å². The summed E-state index contributed by atoms with van der Waals surface area (Å²) in [5.74, 6) is 0.913. The second-order valence-electron chi connectivity index (χ2n) is 2.27. The van der Waals surface area contributed by atoms with E-state index in [1.165, 1.54) is 0 Å². The minimum absolute atomic E-state index is 0.656. The van der Waals surface area contributed by atoms with Gasteiger partial charge in [-0.1, -0.05) is 0 Å². The predicted octanol–water partition coefficient (Wildman–Crippen LogP) is 2.44. The number of halogens is 1. The van der Waals surface area contributed by atoms with Crippen LogP contribution in [0.15, 0.2) is 10.2 Å². The first-order chi connectivity index (χ1) is 4.75. The topological polar surface area (TPSA) is 33.1 Å². The number of allylic oxidation sites excluding steroid dienone is 2. The Hall–Kier alpha value is -0.310. The van der Waals surface area contributed by atoms with Crippen molar-refractivity contribution < 1.29 is 4.74 Å². The molecular formula is C7H10BrNO. The van der Waals surface area contributed by atoms with Gasteiger partial charge in [-0.15, -0.1) is 0 Å². The Kier molecular flexibility index (Phi) is 2.49. The van der Waals surface area contributed by atoms with E-state index in [0.717, 1.165) is 29.5 Å². The lowest BCUT2D eigenvalue weighted by Crippen LogP contribution is -2.07. The standard InChI is InChI=1S/C7H10BrNO/c1-10-6-4-2-3-5(9)7(6)8/h9H,2-4H2,1H3. The molecule has 0 spiro atoms. The van der Waals surface area contributed by atoms with Gasteiger partial charge in [-0.25, -0.2) is 0 Å². The molecule has 0 amide bonds. The van der Waals surface area contributed by atoms with Gasteiger partial charge < -0.3 is 10.1 Å². The van der Waals surface area contributed by atoms with Gasteiger partial charge >= 0.3 is 0 Å². The van der Waals surface area contributed by atoms with Gasteiger partial charge in [-0.05, 0) is 28.8 Å². The van der Waals surface area contributed by atoms with Gasteiger partial charge in [0.1, 0.15) is 5.76 Å². The highest BCUT2D eigenvalue weighted by atomic mass is 79.9. The average Bonchev–Trinajstić information content (AvgIpc) is 1.95. The van der Waals surface area contributed by atoms with Crippen molar-refractivity contribution in [2.45, 2.75) is 19.3 Å². The van der Waals surface area contributed by atoms with Crippen LogP contribution in [0.5, 0.6) is 0 Å².